The van der Waals surface area contributed by atoms with Crippen LogP contribution in [0.5, 0.6) is 0 Å². The fourth-order valence-electron chi connectivity index (χ4n) is 0.967. The summed E-state index contributed by atoms with van der Waals surface area (Å²) in [7, 11) is 1.95. The fraction of sp³-hybridized carbons (Fsp3) is 0.571. The molecule has 0 spiro atoms. The molecule has 0 aromatic heterocycles. The third kappa shape index (κ3) is 9.48. The van der Waals surface area contributed by atoms with Gasteiger partial charge >= 0.3 is 0 Å². The maximum atomic E-state index is 3.08. The molecule has 0 amide bonds. The maximum absolute atomic E-state index is 3.08. The van der Waals surface area contributed by atoms with E-state index >= 15 is 0 Å². The molecule has 0 aliphatic heterocycles. The molecule has 0 heterocycles. The molecule has 86 valence electrons. The molecule has 1 aliphatic rings. The predicted octanol–water partition coefficient (Wildman–Crippen LogP) is 3.85. The summed E-state index contributed by atoms with van der Waals surface area (Å²) < 4.78 is 0. The smallest absolute Gasteiger partial charge is 0.0202 e. The van der Waals surface area contributed by atoms with E-state index < -0.39 is 0 Å². The van der Waals surface area contributed by atoms with Gasteiger partial charge in [-0.2, -0.15) is 0 Å². The summed E-state index contributed by atoms with van der Waals surface area (Å²) in [5.74, 6) is 1.08. The number of hydrogen-bond acceptors (Lipinski definition) is 1. The van der Waals surface area contributed by atoms with Crippen LogP contribution in [0, 0.1) is 5.92 Å². The lowest BCUT2D eigenvalue weighted by Crippen LogP contribution is -2.04. The van der Waals surface area contributed by atoms with Crippen LogP contribution in [0.2, 0.25) is 0 Å². The largest absolute Gasteiger partial charge is 0.316 e. The minimum absolute atomic E-state index is 0.959. The van der Waals surface area contributed by atoms with E-state index in [1.807, 2.05) is 39.1 Å². The van der Waals surface area contributed by atoms with Crippen LogP contribution in [0.3, 0.4) is 0 Å². The summed E-state index contributed by atoms with van der Waals surface area (Å²) in [5.41, 5.74) is 1.33. The van der Waals surface area contributed by atoms with Crippen LogP contribution in [-0.4, -0.2) is 7.05 Å². The van der Waals surface area contributed by atoms with Gasteiger partial charge in [0, 0.05) is 6.54 Å². The Labute approximate surface area is 94.9 Å². The molecule has 1 aromatic rings. The molecule has 2 rings (SSSR count). The second-order valence-electron chi connectivity index (χ2n) is 3.70. The minimum Gasteiger partial charge on any atom is -0.316 e. The number of benzene rings is 1. The van der Waals surface area contributed by atoms with Crippen molar-refractivity contribution >= 4 is 0 Å². The Hall–Kier alpha value is -0.820. The van der Waals surface area contributed by atoms with Crippen molar-refractivity contribution in [3.05, 3.63) is 35.9 Å². The standard InChI is InChI=1S/C8H11N.C4H8.C2H6/c1-9-7-8-5-3-2-4-6-8;1-4-2-3-4;1-2/h2-6,9H,7H2,1H3;4H,2-3H2,1H3;1-2H3. The van der Waals surface area contributed by atoms with Crippen LogP contribution in [0.25, 0.3) is 0 Å². The average Bonchev–Trinajstić information content (AvgIpc) is 3.07. The van der Waals surface area contributed by atoms with Crippen molar-refractivity contribution in [1.82, 2.24) is 5.32 Å². The lowest BCUT2D eigenvalue weighted by molar-refractivity contribution is 0.818. The number of nitrogens with one attached hydrogen (secondary N) is 1. The molecule has 1 aliphatic carbocycles. The van der Waals surface area contributed by atoms with Crippen molar-refractivity contribution in [2.24, 2.45) is 5.92 Å². The Balaban J connectivity index is 0.000000272. The minimum atomic E-state index is 0.959. The molecule has 1 fully saturated rings. The molecule has 1 N–H and O–H groups in total. The Morgan fingerprint density at radius 1 is 1.13 bits per heavy atom. The van der Waals surface area contributed by atoms with Gasteiger partial charge in [-0.1, -0.05) is 63.9 Å². The van der Waals surface area contributed by atoms with Gasteiger partial charge in [-0.05, 0) is 18.5 Å². The zero-order valence-corrected chi connectivity index (χ0v) is 10.6. The van der Waals surface area contributed by atoms with Gasteiger partial charge in [0.2, 0.25) is 0 Å². The first-order chi connectivity index (χ1) is 7.33. The molecule has 1 aromatic carbocycles. The quantitative estimate of drug-likeness (QED) is 0.776. The van der Waals surface area contributed by atoms with E-state index in [9.17, 15) is 0 Å². The van der Waals surface area contributed by atoms with E-state index in [0.717, 1.165) is 12.5 Å². The molecule has 0 radical (unpaired) electrons. The Kier molecular flexibility index (Phi) is 9.19. The van der Waals surface area contributed by atoms with Gasteiger partial charge in [-0.3, -0.25) is 0 Å². The topological polar surface area (TPSA) is 12.0 Å². The molecule has 0 saturated heterocycles. The van der Waals surface area contributed by atoms with Crippen molar-refractivity contribution in [1.29, 1.82) is 0 Å². The van der Waals surface area contributed by atoms with E-state index in [4.69, 9.17) is 0 Å². The van der Waals surface area contributed by atoms with Gasteiger partial charge in [0.05, 0.1) is 0 Å². The third-order valence-corrected chi connectivity index (χ3v) is 2.09. The van der Waals surface area contributed by atoms with Crippen LogP contribution in [-0.2, 0) is 6.54 Å². The van der Waals surface area contributed by atoms with Gasteiger partial charge < -0.3 is 5.32 Å². The average molecular weight is 207 g/mol. The molecular weight excluding hydrogens is 182 g/mol. The molecule has 0 bridgehead atoms. The van der Waals surface area contributed by atoms with E-state index in [2.05, 4.69) is 24.4 Å². The first-order valence-electron chi connectivity index (χ1n) is 6.01. The highest BCUT2D eigenvalue weighted by Gasteiger charge is 2.12. The van der Waals surface area contributed by atoms with E-state index in [-0.39, 0.29) is 0 Å². The van der Waals surface area contributed by atoms with Gasteiger partial charge in [0.1, 0.15) is 0 Å². The van der Waals surface area contributed by atoms with Crippen LogP contribution in [0.4, 0.5) is 0 Å². The Morgan fingerprint density at radius 2 is 1.60 bits per heavy atom. The summed E-state index contributed by atoms with van der Waals surface area (Å²) in [6.07, 6.45) is 2.97. The molecule has 1 saturated carbocycles. The number of rotatable bonds is 2. The highest BCUT2D eigenvalue weighted by Crippen LogP contribution is 2.26. The zero-order chi connectivity index (χ0) is 11.5. The number of hydrogen-bond donors (Lipinski definition) is 1. The normalized spacial score (nSPS) is 13.1. The summed E-state index contributed by atoms with van der Waals surface area (Å²) >= 11 is 0. The first kappa shape index (κ1) is 14.2. The predicted molar refractivity (Wildman–Crippen MR) is 69.0 cm³/mol. The van der Waals surface area contributed by atoms with Gasteiger partial charge in [0.15, 0.2) is 0 Å². The van der Waals surface area contributed by atoms with Crippen LogP contribution >= 0.6 is 0 Å². The van der Waals surface area contributed by atoms with Crippen molar-refractivity contribution < 1.29 is 0 Å². The molecular formula is C14H25N. The summed E-state index contributed by atoms with van der Waals surface area (Å²) in [6.45, 7) is 7.24. The monoisotopic (exact) mass is 207 g/mol. The van der Waals surface area contributed by atoms with Gasteiger partial charge in [0.25, 0.3) is 0 Å². The van der Waals surface area contributed by atoms with Crippen LogP contribution in [0.1, 0.15) is 39.2 Å². The Bertz CT molecular complexity index is 214. The van der Waals surface area contributed by atoms with Crippen molar-refractivity contribution in [3.8, 4) is 0 Å². The third-order valence-electron chi connectivity index (χ3n) is 2.09. The fourth-order valence-corrected chi connectivity index (χ4v) is 0.967. The molecule has 1 heteroatoms. The lowest BCUT2D eigenvalue weighted by atomic mass is 10.2. The highest BCUT2D eigenvalue weighted by molar-refractivity contribution is 5.13. The highest BCUT2D eigenvalue weighted by atomic mass is 14.8. The van der Waals surface area contributed by atoms with Gasteiger partial charge in [-0.15, -0.1) is 0 Å². The zero-order valence-electron chi connectivity index (χ0n) is 10.6. The first-order valence-corrected chi connectivity index (χ1v) is 6.01. The van der Waals surface area contributed by atoms with E-state index in [0.29, 0.717) is 0 Å². The molecule has 0 unspecified atom stereocenters. The summed E-state index contributed by atoms with van der Waals surface area (Å²) in [4.78, 5) is 0. The van der Waals surface area contributed by atoms with Crippen LogP contribution < -0.4 is 5.32 Å². The summed E-state index contributed by atoms with van der Waals surface area (Å²) in [5, 5.41) is 3.08. The van der Waals surface area contributed by atoms with Crippen molar-refractivity contribution in [2.75, 3.05) is 7.05 Å². The molecule has 0 atom stereocenters. The summed E-state index contributed by atoms with van der Waals surface area (Å²) in [6, 6.07) is 10.3. The lowest BCUT2D eigenvalue weighted by Gasteiger charge is -1.95. The molecule has 1 nitrogen and oxygen atoms in total. The van der Waals surface area contributed by atoms with Crippen molar-refractivity contribution in [3.63, 3.8) is 0 Å². The Morgan fingerprint density at radius 3 is 1.93 bits per heavy atom. The maximum Gasteiger partial charge on any atom is 0.0202 e. The second-order valence-corrected chi connectivity index (χ2v) is 3.70. The SMILES string of the molecule is CC.CC1CC1.CNCc1ccccc1. The van der Waals surface area contributed by atoms with E-state index in [1.165, 1.54) is 18.4 Å². The van der Waals surface area contributed by atoms with Gasteiger partial charge in [-0.25, -0.2) is 0 Å². The van der Waals surface area contributed by atoms with E-state index in [1.54, 1.807) is 0 Å². The van der Waals surface area contributed by atoms with Crippen molar-refractivity contribution in [2.45, 2.75) is 40.2 Å². The second kappa shape index (κ2) is 9.72. The molecule has 15 heavy (non-hydrogen) atoms. The van der Waals surface area contributed by atoms with Crippen LogP contribution in [0.15, 0.2) is 30.3 Å².